The second-order valence-electron chi connectivity index (χ2n) is 7.26. The second-order valence-corrected chi connectivity index (χ2v) is 7.26. The molecule has 2 aromatic carbocycles. The Morgan fingerprint density at radius 2 is 1.73 bits per heavy atom. The summed E-state index contributed by atoms with van der Waals surface area (Å²) < 4.78 is 51.0. The van der Waals surface area contributed by atoms with Gasteiger partial charge in [0.1, 0.15) is 11.6 Å². The predicted molar refractivity (Wildman–Crippen MR) is 102 cm³/mol. The number of carbonyl (C=O) groups is 1. The van der Waals surface area contributed by atoms with Gasteiger partial charge in [-0.1, -0.05) is 24.3 Å². The highest BCUT2D eigenvalue weighted by atomic mass is 19.4. The molecule has 1 fully saturated rings. The average molecular weight is 419 g/mol. The van der Waals surface area contributed by atoms with E-state index in [2.05, 4.69) is 9.97 Å². The summed E-state index contributed by atoms with van der Waals surface area (Å²) in [6.07, 6.45) is -3.96. The standard InChI is InChI=1S/C21H17F4N3O2/c22-15-5-6-17-16(11-15)19(29)27-18(26-17)14-3-1-12(2-4-14)13-7-9-28(10-8-13)20(30)21(23,24)25/h1-6,11,13H,7-10H2,(H,26,27,29). The van der Waals surface area contributed by atoms with Crippen molar-refractivity contribution >= 4 is 16.8 Å². The summed E-state index contributed by atoms with van der Waals surface area (Å²) >= 11 is 0. The lowest BCUT2D eigenvalue weighted by Gasteiger charge is -2.32. The fourth-order valence-electron chi connectivity index (χ4n) is 3.76. The Morgan fingerprint density at radius 3 is 2.37 bits per heavy atom. The number of likely N-dealkylation sites (tertiary alicyclic amines) is 1. The van der Waals surface area contributed by atoms with Gasteiger partial charge in [-0.25, -0.2) is 9.37 Å². The summed E-state index contributed by atoms with van der Waals surface area (Å²) in [5.41, 5.74) is 1.54. The molecule has 1 aromatic heterocycles. The maximum atomic E-state index is 13.3. The van der Waals surface area contributed by atoms with Crippen molar-refractivity contribution < 1.29 is 22.4 Å². The maximum absolute atomic E-state index is 13.3. The molecule has 1 aliphatic rings. The van der Waals surface area contributed by atoms with Crippen molar-refractivity contribution in [3.8, 4) is 11.4 Å². The van der Waals surface area contributed by atoms with Crippen LogP contribution in [0.25, 0.3) is 22.3 Å². The van der Waals surface area contributed by atoms with Gasteiger partial charge in [-0.3, -0.25) is 9.59 Å². The molecule has 0 aliphatic carbocycles. The molecule has 5 nitrogen and oxygen atoms in total. The van der Waals surface area contributed by atoms with Crippen molar-refractivity contribution in [1.82, 2.24) is 14.9 Å². The zero-order valence-corrected chi connectivity index (χ0v) is 15.7. The van der Waals surface area contributed by atoms with E-state index in [-0.39, 0.29) is 24.4 Å². The number of piperidine rings is 1. The van der Waals surface area contributed by atoms with Gasteiger partial charge in [0.15, 0.2) is 0 Å². The number of aromatic nitrogens is 2. The quantitative estimate of drug-likeness (QED) is 0.639. The fourth-order valence-corrected chi connectivity index (χ4v) is 3.76. The van der Waals surface area contributed by atoms with E-state index in [0.29, 0.717) is 29.7 Å². The minimum Gasteiger partial charge on any atom is -0.335 e. The lowest BCUT2D eigenvalue weighted by Crippen LogP contribution is -2.45. The summed E-state index contributed by atoms with van der Waals surface area (Å²) in [6, 6.07) is 11.0. The minimum absolute atomic E-state index is 0.0444. The first-order valence-electron chi connectivity index (χ1n) is 9.38. The Balaban J connectivity index is 1.50. The highest BCUT2D eigenvalue weighted by Gasteiger charge is 2.43. The number of carbonyl (C=O) groups excluding carboxylic acids is 1. The van der Waals surface area contributed by atoms with E-state index in [1.54, 1.807) is 12.1 Å². The van der Waals surface area contributed by atoms with E-state index in [9.17, 15) is 27.2 Å². The van der Waals surface area contributed by atoms with E-state index < -0.39 is 23.5 Å². The highest BCUT2D eigenvalue weighted by Crippen LogP contribution is 2.31. The number of hydrogen-bond acceptors (Lipinski definition) is 3. The van der Waals surface area contributed by atoms with Crippen LogP contribution in [0.1, 0.15) is 24.3 Å². The molecule has 1 N–H and O–H groups in total. The first kappa shape index (κ1) is 20.1. The van der Waals surface area contributed by atoms with Gasteiger partial charge in [-0.05, 0) is 42.5 Å². The molecule has 2 heterocycles. The van der Waals surface area contributed by atoms with Crippen LogP contribution in [0.4, 0.5) is 17.6 Å². The largest absolute Gasteiger partial charge is 0.471 e. The van der Waals surface area contributed by atoms with Crippen LogP contribution >= 0.6 is 0 Å². The van der Waals surface area contributed by atoms with Crippen molar-refractivity contribution in [3.05, 3.63) is 64.2 Å². The van der Waals surface area contributed by atoms with Crippen LogP contribution in [-0.2, 0) is 4.79 Å². The van der Waals surface area contributed by atoms with Gasteiger partial charge in [0, 0.05) is 18.7 Å². The first-order valence-corrected chi connectivity index (χ1v) is 9.38. The summed E-state index contributed by atoms with van der Waals surface area (Å²) in [4.78, 5) is 31.4. The Hall–Kier alpha value is -3.23. The van der Waals surface area contributed by atoms with Gasteiger partial charge < -0.3 is 9.88 Å². The molecule has 3 aromatic rings. The van der Waals surface area contributed by atoms with E-state index in [1.807, 2.05) is 12.1 Å². The molecule has 1 amide bonds. The number of amides is 1. The third kappa shape index (κ3) is 3.92. The number of fused-ring (bicyclic) bond motifs is 1. The molecular formula is C21H17F4N3O2. The van der Waals surface area contributed by atoms with E-state index in [1.165, 1.54) is 12.1 Å². The fraction of sp³-hybridized carbons (Fsp3) is 0.286. The Morgan fingerprint density at radius 1 is 1.07 bits per heavy atom. The van der Waals surface area contributed by atoms with Crippen molar-refractivity contribution in [2.45, 2.75) is 24.9 Å². The summed E-state index contributed by atoms with van der Waals surface area (Å²) in [7, 11) is 0. The third-order valence-corrected chi connectivity index (χ3v) is 5.35. The number of alkyl halides is 3. The number of halogens is 4. The third-order valence-electron chi connectivity index (χ3n) is 5.35. The Labute approximate surface area is 168 Å². The Bertz CT molecular complexity index is 1150. The monoisotopic (exact) mass is 419 g/mol. The van der Waals surface area contributed by atoms with Crippen LogP contribution in [0, 0.1) is 5.82 Å². The lowest BCUT2D eigenvalue weighted by molar-refractivity contribution is -0.186. The van der Waals surface area contributed by atoms with Gasteiger partial charge in [-0.2, -0.15) is 13.2 Å². The molecule has 9 heteroatoms. The molecule has 156 valence electrons. The molecule has 4 rings (SSSR count). The molecule has 0 bridgehead atoms. The number of nitrogens with zero attached hydrogens (tertiary/aromatic N) is 2. The number of H-pyrrole nitrogens is 1. The first-order chi connectivity index (χ1) is 14.2. The van der Waals surface area contributed by atoms with E-state index in [0.717, 1.165) is 16.5 Å². The molecule has 0 radical (unpaired) electrons. The van der Waals surface area contributed by atoms with Crippen LogP contribution in [0.2, 0.25) is 0 Å². The maximum Gasteiger partial charge on any atom is 0.471 e. The van der Waals surface area contributed by atoms with Crippen molar-refractivity contribution in [1.29, 1.82) is 0 Å². The van der Waals surface area contributed by atoms with Crippen molar-refractivity contribution in [2.75, 3.05) is 13.1 Å². The van der Waals surface area contributed by atoms with Crippen LogP contribution in [0.3, 0.4) is 0 Å². The summed E-state index contributed by atoms with van der Waals surface area (Å²) in [5.74, 6) is -1.92. The number of benzene rings is 2. The predicted octanol–water partition coefficient (Wildman–Crippen LogP) is 4.00. The molecular weight excluding hydrogens is 402 g/mol. The normalized spacial score (nSPS) is 15.5. The number of hydrogen-bond donors (Lipinski definition) is 1. The molecule has 1 aliphatic heterocycles. The zero-order valence-electron chi connectivity index (χ0n) is 15.7. The van der Waals surface area contributed by atoms with Crippen LogP contribution in [0.15, 0.2) is 47.3 Å². The number of aromatic amines is 1. The topological polar surface area (TPSA) is 66.1 Å². The molecule has 30 heavy (non-hydrogen) atoms. The Kier molecular flexibility index (Phi) is 5.05. The van der Waals surface area contributed by atoms with Crippen LogP contribution in [0.5, 0.6) is 0 Å². The highest BCUT2D eigenvalue weighted by molar-refractivity contribution is 5.82. The molecule has 0 atom stereocenters. The molecule has 0 unspecified atom stereocenters. The number of rotatable bonds is 2. The summed E-state index contributed by atoms with van der Waals surface area (Å²) in [6.45, 7) is 0.113. The second kappa shape index (κ2) is 7.55. The van der Waals surface area contributed by atoms with Crippen LogP contribution < -0.4 is 5.56 Å². The molecule has 0 saturated carbocycles. The molecule has 0 spiro atoms. The lowest BCUT2D eigenvalue weighted by atomic mass is 9.89. The molecule has 1 saturated heterocycles. The zero-order chi connectivity index (χ0) is 21.5. The average Bonchev–Trinajstić information content (AvgIpc) is 2.73. The smallest absolute Gasteiger partial charge is 0.335 e. The SMILES string of the molecule is O=C(N1CCC(c2ccc(-c3nc4ccc(F)cc4c(=O)[nH]3)cc2)CC1)C(F)(F)F. The minimum atomic E-state index is -4.84. The van der Waals surface area contributed by atoms with Crippen molar-refractivity contribution in [2.24, 2.45) is 0 Å². The summed E-state index contributed by atoms with van der Waals surface area (Å²) in [5, 5.41) is 0.163. The van der Waals surface area contributed by atoms with E-state index >= 15 is 0 Å². The number of nitrogens with one attached hydrogen (secondary N) is 1. The van der Waals surface area contributed by atoms with Gasteiger partial charge >= 0.3 is 12.1 Å². The van der Waals surface area contributed by atoms with Gasteiger partial charge in [-0.15, -0.1) is 0 Å². The van der Waals surface area contributed by atoms with Gasteiger partial charge in [0.05, 0.1) is 10.9 Å². The van der Waals surface area contributed by atoms with E-state index in [4.69, 9.17) is 0 Å². The van der Waals surface area contributed by atoms with Crippen LogP contribution in [-0.4, -0.2) is 40.0 Å². The van der Waals surface area contributed by atoms with Gasteiger partial charge in [0.2, 0.25) is 0 Å². The van der Waals surface area contributed by atoms with Gasteiger partial charge in [0.25, 0.3) is 5.56 Å². The van der Waals surface area contributed by atoms with Crippen molar-refractivity contribution in [3.63, 3.8) is 0 Å².